The molecule has 0 unspecified atom stereocenters. The van der Waals surface area contributed by atoms with Gasteiger partial charge in [-0.05, 0) is 19.4 Å². The molecule has 70 valence electrons. The summed E-state index contributed by atoms with van der Waals surface area (Å²) in [6, 6.07) is 0. The van der Waals surface area contributed by atoms with Crippen LogP contribution in [0.4, 0.5) is 0 Å². The van der Waals surface area contributed by atoms with Crippen LogP contribution in [-0.2, 0) is 4.79 Å². The number of nitrogens with two attached hydrogens (primary N) is 2. The Kier molecular flexibility index (Phi) is 6.00. The fraction of sp³-hybridized carbons (Fsp3) is 0.714. The van der Waals surface area contributed by atoms with Gasteiger partial charge >= 0.3 is 0 Å². The first-order valence-corrected chi connectivity index (χ1v) is 3.94. The van der Waals surface area contributed by atoms with E-state index in [0.29, 0.717) is 13.1 Å². The summed E-state index contributed by atoms with van der Waals surface area (Å²) in [4.78, 5) is 14.4. The molecular formula is C7H16N4O. The van der Waals surface area contributed by atoms with E-state index in [-0.39, 0.29) is 11.9 Å². The molecule has 5 nitrogen and oxygen atoms in total. The van der Waals surface area contributed by atoms with Crippen LogP contribution in [0.25, 0.3) is 0 Å². The summed E-state index contributed by atoms with van der Waals surface area (Å²) >= 11 is 0. The third-order valence-electron chi connectivity index (χ3n) is 1.20. The maximum atomic E-state index is 10.5. The first-order valence-electron chi connectivity index (χ1n) is 3.94. The van der Waals surface area contributed by atoms with Crippen molar-refractivity contribution in [2.75, 3.05) is 13.1 Å². The summed E-state index contributed by atoms with van der Waals surface area (Å²) in [5.74, 6) is -0.0189. The number of carbonyl (C=O) groups excluding carboxylic acids is 1. The highest BCUT2D eigenvalue weighted by molar-refractivity contribution is 5.94. The van der Waals surface area contributed by atoms with Crippen LogP contribution in [0.15, 0.2) is 4.99 Å². The van der Waals surface area contributed by atoms with E-state index in [4.69, 9.17) is 11.5 Å². The van der Waals surface area contributed by atoms with Gasteiger partial charge in [0, 0.05) is 13.5 Å². The van der Waals surface area contributed by atoms with Crippen molar-refractivity contribution in [3.05, 3.63) is 0 Å². The molecule has 0 bridgehead atoms. The van der Waals surface area contributed by atoms with Crippen molar-refractivity contribution >= 4 is 11.9 Å². The molecule has 0 radical (unpaired) electrons. The summed E-state index contributed by atoms with van der Waals surface area (Å²) < 4.78 is 0. The number of unbranched alkanes of at least 4 members (excludes halogenated alkanes) is 1. The van der Waals surface area contributed by atoms with E-state index >= 15 is 0 Å². The predicted octanol–water partition coefficient (Wildman–Crippen LogP) is -0.824. The summed E-state index contributed by atoms with van der Waals surface area (Å²) in [6.45, 7) is 2.67. The fourth-order valence-electron chi connectivity index (χ4n) is 0.676. The number of hydrogen-bond acceptors (Lipinski definition) is 3. The first kappa shape index (κ1) is 10.9. The van der Waals surface area contributed by atoms with Crippen molar-refractivity contribution < 1.29 is 4.79 Å². The Morgan fingerprint density at radius 1 is 1.50 bits per heavy atom. The summed E-state index contributed by atoms with van der Waals surface area (Å²) in [6.07, 6.45) is 1.83. The molecule has 0 spiro atoms. The second-order valence-corrected chi connectivity index (χ2v) is 2.44. The van der Waals surface area contributed by atoms with Crippen molar-refractivity contribution in [2.45, 2.75) is 19.8 Å². The number of nitrogens with zero attached hydrogens (tertiary/aromatic N) is 1. The zero-order valence-electron chi connectivity index (χ0n) is 7.34. The van der Waals surface area contributed by atoms with Crippen LogP contribution >= 0.6 is 0 Å². The van der Waals surface area contributed by atoms with Gasteiger partial charge in [-0.1, -0.05) is 0 Å². The van der Waals surface area contributed by atoms with Crippen molar-refractivity contribution in [1.29, 1.82) is 0 Å². The van der Waals surface area contributed by atoms with Crippen molar-refractivity contribution in [3.63, 3.8) is 0 Å². The van der Waals surface area contributed by atoms with E-state index in [1.54, 1.807) is 0 Å². The van der Waals surface area contributed by atoms with Gasteiger partial charge in [0.2, 0.25) is 5.91 Å². The quantitative estimate of drug-likeness (QED) is 0.294. The highest BCUT2D eigenvalue weighted by Gasteiger charge is 1.92. The van der Waals surface area contributed by atoms with Crippen molar-refractivity contribution in [2.24, 2.45) is 16.5 Å². The molecule has 0 aromatic heterocycles. The molecule has 5 heteroatoms. The molecule has 1 amide bonds. The van der Waals surface area contributed by atoms with Gasteiger partial charge in [-0.25, -0.2) is 0 Å². The lowest BCUT2D eigenvalue weighted by atomic mass is 10.3. The molecule has 0 saturated heterocycles. The van der Waals surface area contributed by atoms with Crippen molar-refractivity contribution in [1.82, 2.24) is 5.32 Å². The van der Waals surface area contributed by atoms with Gasteiger partial charge in [0.15, 0.2) is 5.96 Å². The minimum Gasteiger partial charge on any atom is -0.370 e. The molecule has 0 heterocycles. The van der Waals surface area contributed by atoms with Crippen LogP contribution in [0, 0.1) is 0 Å². The Labute approximate surface area is 72.2 Å². The highest BCUT2D eigenvalue weighted by atomic mass is 16.1. The Morgan fingerprint density at radius 2 is 2.17 bits per heavy atom. The van der Waals surface area contributed by atoms with Gasteiger partial charge in [-0.15, -0.1) is 0 Å². The SMILES string of the molecule is CC(=O)NC(N)=NCCCCN. The average Bonchev–Trinajstić information content (AvgIpc) is 1.97. The molecule has 0 rings (SSSR count). The third-order valence-corrected chi connectivity index (χ3v) is 1.20. The second-order valence-electron chi connectivity index (χ2n) is 2.44. The number of rotatable bonds is 4. The van der Waals surface area contributed by atoms with Gasteiger partial charge in [0.25, 0.3) is 0 Å². The van der Waals surface area contributed by atoms with Gasteiger partial charge < -0.3 is 11.5 Å². The smallest absolute Gasteiger partial charge is 0.223 e. The normalized spacial score (nSPS) is 11.3. The number of carbonyl (C=O) groups is 1. The Balaban J connectivity index is 3.48. The number of amides is 1. The molecule has 12 heavy (non-hydrogen) atoms. The number of nitrogens with one attached hydrogen (secondary N) is 1. The van der Waals surface area contributed by atoms with Gasteiger partial charge in [0.1, 0.15) is 0 Å². The maximum Gasteiger partial charge on any atom is 0.223 e. The van der Waals surface area contributed by atoms with Crippen LogP contribution in [0.3, 0.4) is 0 Å². The molecule has 0 saturated carbocycles. The van der Waals surface area contributed by atoms with Gasteiger partial charge in [-0.3, -0.25) is 15.1 Å². The lowest BCUT2D eigenvalue weighted by Gasteiger charge is -1.99. The molecule has 0 fully saturated rings. The minimum absolute atomic E-state index is 0.180. The molecule has 0 atom stereocenters. The van der Waals surface area contributed by atoms with E-state index < -0.39 is 0 Å². The summed E-state index contributed by atoms with van der Waals surface area (Å²) in [5.41, 5.74) is 10.6. The maximum absolute atomic E-state index is 10.5. The molecule has 0 aromatic carbocycles. The van der Waals surface area contributed by atoms with Crippen LogP contribution < -0.4 is 16.8 Å². The van der Waals surface area contributed by atoms with Gasteiger partial charge in [-0.2, -0.15) is 0 Å². The molecular weight excluding hydrogens is 156 g/mol. The second kappa shape index (κ2) is 6.60. The molecule has 5 N–H and O–H groups in total. The monoisotopic (exact) mass is 172 g/mol. The standard InChI is InChI=1S/C7H16N4O/c1-6(12)11-7(9)10-5-3-2-4-8/h2-5,8H2,1H3,(H3,9,10,11,12). The van der Waals surface area contributed by atoms with E-state index in [9.17, 15) is 4.79 Å². The average molecular weight is 172 g/mol. The van der Waals surface area contributed by atoms with E-state index in [1.165, 1.54) is 6.92 Å². The third kappa shape index (κ3) is 7.01. The number of aliphatic imine (C=N–C) groups is 1. The summed E-state index contributed by atoms with van der Waals surface area (Å²) in [5, 5.41) is 2.38. The molecule has 0 aromatic rings. The lowest BCUT2D eigenvalue weighted by molar-refractivity contribution is -0.117. The largest absolute Gasteiger partial charge is 0.370 e. The molecule has 0 aliphatic rings. The van der Waals surface area contributed by atoms with Crippen molar-refractivity contribution in [3.8, 4) is 0 Å². The predicted molar refractivity (Wildman–Crippen MR) is 48.6 cm³/mol. The highest BCUT2D eigenvalue weighted by Crippen LogP contribution is 1.85. The van der Waals surface area contributed by atoms with Crippen LogP contribution in [0.5, 0.6) is 0 Å². The summed E-state index contributed by atoms with van der Waals surface area (Å²) in [7, 11) is 0. The van der Waals surface area contributed by atoms with Gasteiger partial charge in [0.05, 0.1) is 0 Å². The Hall–Kier alpha value is -1.10. The zero-order chi connectivity index (χ0) is 9.40. The number of guanidine groups is 1. The zero-order valence-corrected chi connectivity index (χ0v) is 7.34. The fourth-order valence-corrected chi connectivity index (χ4v) is 0.676. The lowest BCUT2D eigenvalue weighted by Crippen LogP contribution is -2.35. The van der Waals surface area contributed by atoms with E-state index in [2.05, 4.69) is 10.3 Å². The first-order chi connectivity index (χ1) is 5.66. The molecule has 0 aliphatic carbocycles. The van der Waals surface area contributed by atoms with Crippen LogP contribution in [0.1, 0.15) is 19.8 Å². The van der Waals surface area contributed by atoms with Crippen LogP contribution in [0.2, 0.25) is 0 Å². The Morgan fingerprint density at radius 3 is 2.67 bits per heavy atom. The Bertz CT molecular complexity index is 167. The van der Waals surface area contributed by atoms with E-state index in [1.807, 2.05) is 0 Å². The molecule has 0 aliphatic heterocycles. The van der Waals surface area contributed by atoms with Crippen LogP contribution in [-0.4, -0.2) is 25.0 Å². The topological polar surface area (TPSA) is 93.5 Å². The van der Waals surface area contributed by atoms with E-state index in [0.717, 1.165) is 12.8 Å². The number of hydrogen-bond donors (Lipinski definition) is 3. The minimum atomic E-state index is -0.199.